The molecule has 0 spiro atoms. The minimum atomic E-state index is -0.402. The van der Waals surface area contributed by atoms with Crippen molar-refractivity contribution in [2.45, 2.75) is 12.1 Å². The number of carbonyl (C=O) groups is 1. The Morgan fingerprint density at radius 3 is 2.75 bits per heavy atom. The van der Waals surface area contributed by atoms with Gasteiger partial charge in [0.1, 0.15) is 5.82 Å². The van der Waals surface area contributed by atoms with Crippen molar-refractivity contribution in [3.8, 4) is 0 Å². The van der Waals surface area contributed by atoms with Crippen molar-refractivity contribution in [1.82, 2.24) is 14.9 Å². The smallest absolute Gasteiger partial charge is 0.227 e. The molecule has 0 saturated carbocycles. The van der Waals surface area contributed by atoms with Crippen molar-refractivity contribution in [1.29, 1.82) is 0 Å². The van der Waals surface area contributed by atoms with Crippen LogP contribution in [0.15, 0.2) is 5.16 Å². The molecule has 1 amide bonds. The fourth-order valence-corrected chi connectivity index (χ4v) is 1.23. The molecular weight excluding hydrogens is 178 g/mol. The van der Waals surface area contributed by atoms with Gasteiger partial charge in [-0.3, -0.25) is 4.79 Å². The maximum Gasteiger partial charge on any atom is 0.227 e. The van der Waals surface area contributed by atoms with Crippen molar-refractivity contribution < 1.29 is 4.79 Å². The number of thioether (sulfide) groups is 1. The Hall–Kier alpha value is -1.24. The van der Waals surface area contributed by atoms with Gasteiger partial charge in [-0.05, 0) is 6.92 Å². The summed E-state index contributed by atoms with van der Waals surface area (Å²) >= 11 is 1.17. The lowest BCUT2D eigenvalue weighted by Gasteiger charge is -1.97. The van der Waals surface area contributed by atoms with Crippen LogP contribution in [-0.2, 0) is 4.79 Å². The number of nitrogens with zero attached hydrogens (tertiary/aromatic N) is 3. The number of hydrogen-bond acceptors (Lipinski definition) is 5. The Bertz CT molecular complexity index is 296. The number of carbonyl (C=O) groups excluding carboxylic acids is 1. The van der Waals surface area contributed by atoms with Crippen molar-refractivity contribution in [2.24, 2.45) is 5.73 Å². The Labute approximate surface area is 73.3 Å². The fraction of sp³-hybridized carbons (Fsp3) is 0.400. The third-order valence-electron chi connectivity index (χ3n) is 1.18. The van der Waals surface area contributed by atoms with Gasteiger partial charge in [0.25, 0.3) is 0 Å². The highest BCUT2D eigenvalue weighted by Gasteiger charge is 2.06. The zero-order valence-corrected chi connectivity index (χ0v) is 7.34. The Morgan fingerprint density at radius 2 is 2.33 bits per heavy atom. The van der Waals surface area contributed by atoms with Gasteiger partial charge in [0.05, 0.1) is 5.75 Å². The van der Waals surface area contributed by atoms with E-state index in [0.717, 1.165) is 0 Å². The Morgan fingerprint density at radius 1 is 1.67 bits per heavy atom. The van der Waals surface area contributed by atoms with E-state index in [2.05, 4.69) is 10.2 Å². The van der Waals surface area contributed by atoms with Gasteiger partial charge in [0.2, 0.25) is 11.1 Å². The van der Waals surface area contributed by atoms with E-state index in [1.807, 2.05) is 0 Å². The van der Waals surface area contributed by atoms with E-state index in [-0.39, 0.29) is 5.75 Å². The molecule has 1 heterocycles. The molecule has 6 nitrogen and oxygen atoms in total. The van der Waals surface area contributed by atoms with Gasteiger partial charge in [-0.1, -0.05) is 11.8 Å². The number of amides is 1. The maximum absolute atomic E-state index is 10.4. The van der Waals surface area contributed by atoms with E-state index in [4.69, 9.17) is 11.6 Å². The van der Waals surface area contributed by atoms with E-state index in [0.29, 0.717) is 11.0 Å². The van der Waals surface area contributed by atoms with Crippen molar-refractivity contribution in [2.75, 3.05) is 11.6 Å². The number of nitrogens with two attached hydrogens (primary N) is 2. The number of aryl methyl sites for hydroxylation is 1. The number of hydrogen-bond donors (Lipinski definition) is 2. The van der Waals surface area contributed by atoms with Gasteiger partial charge in [-0.25, -0.2) is 4.68 Å². The minimum Gasteiger partial charge on any atom is -0.369 e. The molecule has 0 radical (unpaired) electrons. The van der Waals surface area contributed by atoms with Gasteiger partial charge >= 0.3 is 0 Å². The summed E-state index contributed by atoms with van der Waals surface area (Å²) in [6, 6.07) is 0. The highest BCUT2D eigenvalue weighted by Crippen LogP contribution is 2.12. The zero-order valence-electron chi connectivity index (χ0n) is 6.52. The summed E-state index contributed by atoms with van der Waals surface area (Å²) in [5, 5.41) is 7.93. The third-order valence-corrected chi connectivity index (χ3v) is 2.14. The first-order valence-corrected chi connectivity index (χ1v) is 4.18. The molecule has 4 N–H and O–H groups in total. The van der Waals surface area contributed by atoms with Gasteiger partial charge < -0.3 is 11.6 Å². The molecule has 0 bridgehead atoms. The second-order valence-corrected chi connectivity index (χ2v) is 3.10. The molecule has 12 heavy (non-hydrogen) atoms. The predicted molar refractivity (Wildman–Crippen MR) is 44.8 cm³/mol. The average molecular weight is 187 g/mol. The van der Waals surface area contributed by atoms with E-state index in [9.17, 15) is 4.79 Å². The summed E-state index contributed by atoms with van der Waals surface area (Å²) in [5.74, 6) is 5.87. The standard InChI is InChI=1S/C5H9N5OS/c1-3-8-9-5(10(3)7)12-2-4(6)11/h2,7H2,1H3,(H2,6,11). The molecule has 7 heteroatoms. The van der Waals surface area contributed by atoms with Crippen molar-refractivity contribution in [3.63, 3.8) is 0 Å². The third kappa shape index (κ3) is 1.88. The molecule has 0 unspecified atom stereocenters. The maximum atomic E-state index is 10.4. The minimum absolute atomic E-state index is 0.162. The predicted octanol–water partition coefficient (Wildman–Crippen LogP) is -1.12. The highest BCUT2D eigenvalue weighted by atomic mass is 32.2. The first-order chi connectivity index (χ1) is 5.61. The van der Waals surface area contributed by atoms with Crippen LogP contribution in [0.4, 0.5) is 0 Å². The van der Waals surface area contributed by atoms with Crippen LogP contribution in [-0.4, -0.2) is 26.5 Å². The van der Waals surface area contributed by atoms with Crippen molar-refractivity contribution in [3.05, 3.63) is 5.82 Å². The van der Waals surface area contributed by atoms with Gasteiger partial charge in [0, 0.05) is 0 Å². The molecule has 0 aliphatic carbocycles. The van der Waals surface area contributed by atoms with E-state index < -0.39 is 5.91 Å². The van der Waals surface area contributed by atoms with Gasteiger partial charge in [-0.15, -0.1) is 10.2 Å². The molecule has 0 atom stereocenters. The van der Waals surface area contributed by atoms with Crippen LogP contribution in [0.2, 0.25) is 0 Å². The van der Waals surface area contributed by atoms with Crippen LogP contribution in [0.5, 0.6) is 0 Å². The molecule has 0 aliphatic heterocycles. The quantitative estimate of drug-likeness (QED) is 0.461. The molecular formula is C5H9N5OS. The highest BCUT2D eigenvalue weighted by molar-refractivity contribution is 7.99. The SMILES string of the molecule is Cc1nnc(SCC(N)=O)n1N. The van der Waals surface area contributed by atoms with E-state index in [1.54, 1.807) is 6.92 Å². The van der Waals surface area contributed by atoms with Crippen LogP contribution < -0.4 is 11.6 Å². The molecule has 0 fully saturated rings. The van der Waals surface area contributed by atoms with E-state index in [1.165, 1.54) is 16.4 Å². The lowest BCUT2D eigenvalue weighted by molar-refractivity contribution is -0.115. The van der Waals surface area contributed by atoms with Crippen LogP contribution in [0.25, 0.3) is 0 Å². The van der Waals surface area contributed by atoms with Gasteiger partial charge in [0.15, 0.2) is 0 Å². The molecule has 0 saturated heterocycles. The summed E-state index contributed by atoms with van der Waals surface area (Å²) in [5.41, 5.74) is 4.94. The monoisotopic (exact) mass is 187 g/mol. The molecule has 1 rings (SSSR count). The molecule has 1 aromatic rings. The van der Waals surface area contributed by atoms with Crippen LogP contribution in [0.3, 0.4) is 0 Å². The number of nitrogen functional groups attached to an aromatic ring is 1. The molecule has 0 aliphatic rings. The number of primary amides is 1. The van der Waals surface area contributed by atoms with E-state index >= 15 is 0 Å². The van der Waals surface area contributed by atoms with Crippen LogP contribution in [0, 0.1) is 6.92 Å². The second-order valence-electron chi connectivity index (χ2n) is 2.15. The summed E-state index contributed by atoms with van der Waals surface area (Å²) < 4.78 is 1.31. The van der Waals surface area contributed by atoms with Crippen LogP contribution in [0.1, 0.15) is 5.82 Å². The normalized spacial score (nSPS) is 10.1. The summed E-state index contributed by atoms with van der Waals surface area (Å²) in [4.78, 5) is 10.4. The van der Waals surface area contributed by atoms with Crippen LogP contribution >= 0.6 is 11.8 Å². The zero-order chi connectivity index (χ0) is 9.14. The second kappa shape index (κ2) is 3.44. The van der Waals surface area contributed by atoms with Crippen molar-refractivity contribution >= 4 is 17.7 Å². The topological polar surface area (TPSA) is 99.8 Å². The summed E-state index contributed by atoms with van der Waals surface area (Å²) in [6.45, 7) is 1.72. The molecule has 0 aromatic carbocycles. The first-order valence-electron chi connectivity index (χ1n) is 3.19. The number of rotatable bonds is 3. The lowest BCUT2D eigenvalue weighted by Crippen LogP contribution is -2.16. The number of aromatic nitrogens is 3. The fourth-order valence-electron chi connectivity index (χ4n) is 0.584. The summed E-state index contributed by atoms with van der Waals surface area (Å²) in [6.07, 6.45) is 0. The Kier molecular flexibility index (Phi) is 2.54. The largest absolute Gasteiger partial charge is 0.369 e. The molecule has 1 aromatic heterocycles. The average Bonchev–Trinajstić information content (AvgIpc) is 2.30. The Balaban J connectivity index is 2.63. The summed E-state index contributed by atoms with van der Waals surface area (Å²) in [7, 11) is 0. The lowest BCUT2D eigenvalue weighted by atomic mass is 10.7. The molecule has 66 valence electrons. The van der Waals surface area contributed by atoms with Gasteiger partial charge in [-0.2, -0.15) is 0 Å². The first kappa shape index (κ1) is 8.85.